The van der Waals surface area contributed by atoms with Gasteiger partial charge in [0.1, 0.15) is 11.4 Å². The van der Waals surface area contributed by atoms with Crippen molar-refractivity contribution in [1.29, 1.82) is 0 Å². The number of hydrogen-bond acceptors (Lipinski definition) is 8. The van der Waals surface area contributed by atoms with Crippen molar-refractivity contribution < 1.29 is 19.1 Å². The molecular weight excluding hydrogens is 466 g/mol. The Morgan fingerprint density at radius 2 is 1.86 bits per heavy atom. The minimum atomic E-state index is -0.0384. The minimum Gasteiger partial charge on any atom is -0.480 e. The minimum absolute atomic E-state index is 0.0261. The van der Waals surface area contributed by atoms with Gasteiger partial charge in [-0.15, -0.1) is 11.3 Å². The van der Waals surface area contributed by atoms with Crippen LogP contribution in [0.25, 0.3) is 10.2 Å². The summed E-state index contributed by atoms with van der Waals surface area (Å²) in [6.45, 7) is 6.94. The summed E-state index contributed by atoms with van der Waals surface area (Å²) in [7, 11) is 3.15. The van der Waals surface area contributed by atoms with Crippen LogP contribution in [0.2, 0.25) is 0 Å². The molecule has 3 aromatic rings. The summed E-state index contributed by atoms with van der Waals surface area (Å²) < 4.78 is 10.6. The highest BCUT2D eigenvalue weighted by atomic mass is 32.1. The molecule has 0 aliphatic carbocycles. The number of fused-ring (bicyclic) bond motifs is 1. The molecule has 1 aromatic carbocycles. The molecule has 2 amide bonds. The third-order valence-corrected chi connectivity index (χ3v) is 7.34. The number of para-hydroxylation sites is 1. The fraction of sp³-hybridized carbons (Fsp3) is 0.440. The van der Waals surface area contributed by atoms with Gasteiger partial charge in [-0.3, -0.25) is 14.5 Å². The van der Waals surface area contributed by atoms with E-state index in [4.69, 9.17) is 9.47 Å². The van der Waals surface area contributed by atoms with E-state index >= 15 is 0 Å². The summed E-state index contributed by atoms with van der Waals surface area (Å²) in [5.74, 6) is 0.909. The van der Waals surface area contributed by atoms with Gasteiger partial charge >= 0.3 is 0 Å². The van der Waals surface area contributed by atoms with Crippen LogP contribution < -0.4 is 10.1 Å². The number of thiophene rings is 1. The van der Waals surface area contributed by atoms with Crippen LogP contribution in [-0.2, 0) is 22.6 Å². The van der Waals surface area contributed by atoms with E-state index in [1.807, 2.05) is 36.1 Å². The number of piperazine rings is 1. The number of ether oxygens (including phenoxy) is 2. The maximum atomic E-state index is 13.4. The largest absolute Gasteiger partial charge is 0.480 e. The summed E-state index contributed by atoms with van der Waals surface area (Å²) >= 11 is 1.36. The van der Waals surface area contributed by atoms with Crippen molar-refractivity contribution in [3.05, 3.63) is 46.1 Å². The molecule has 1 aliphatic rings. The Kier molecular flexibility index (Phi) is 7.94. The second kappa shape index (κ2) is 11.1. The standard InChI is InChI=1S/C25H31N5O4S/c1-5-17-8-6-7-9-18(17)26-20(31)14-29-10-12-30(13-11-29)25(32)22-16(2)21-23(34-4)27-19(15-33-3)28-24(21)35-22/h6-9H,5,10-15H2,1-4H3,(H,26,31). The van der Waals surface area contributed by atoms with E-state index in [0.29, 0.717) is 54.1 Å². The van der Waals surface area contributed by atoms with Crippen LogP contribution in [0.15, 0.2) is 24.3 Å². The average molecular weight is 498 g/mol. The van der Waals surface area contributed by atoms with Gasteiger partial charge in [0, 0.05) is 39.0 Å². The van der Waals surface area contributed by atoms with Crippen LogP contribution in [0.3, 0.4) is 0 Å². The molecule has 0 atom stereocenters. The Hall–Kier alpha value is -3.08. The lowest BCUT2D eigenvalue weighted by Gasteiger charge is -2.34. The molecular formula is C25H31N5O4S. The van der Waals surface area contributed by atoms with Crippen molar-refractivity contribution in [2.24, 2.45) is 0 Å². The van der Waals surface area contributed by atoms with Crippen LogP contribution in [0.1, 0.15) is 33.5 Å². The van der Waals surface area contributed by atoms with Gasteiger partial charge in [-0.2, -0.15) is 4.98 Å². The fourth-order valence-corrected chi connectivity index (χ4v) is 5.44. The van der Waals surface area contributed by atoms with Crippen LogP contribution >= 0.6 is 11.3 Å². The Labute approximate surface area is 209 Å². The molecule has 2 aromatic heterocycles. The second-order valence-corrected chi connectivity index (χ2v) is 9.44. The first-order valence-corrected chi connectivity index (χ1v) is 12.5. The summed E-state index contributed by atoms with van der Waals surface area (Å²) in [4.78, 5) is 40.2. The number of nitrogens with zero attached hydrogens (tertiary/aromatic N) is 4. The zero-order valence-corrected chi connectivity index (χ0v) is 21.4. The first-order valence-electron chi connectivity index (χ1n) is 11.7. The molecule has 1 N–H and O–H groups in total. The third kappa shape index (κ3) is 5.44. The Morgan fingerprint density at radius 3 is 2.54 bits per heavy atom. The van der Waals surface area contributed by atoms with Crippen LogP contribution in [0.4, 0.5) is 5.69 Å². The van der Waals surface area contributed by atoms with Crippen molar-refractivity contribution in [2.75, 3.05) is 52.3 Å². The molecule has 0 saturated carbocycles. The summed E-state index contributed by atoms with van der Waals surface area (Å²) in [6, 6.07) is 7.85. The average Bonchev–Trinajstić information content (AvgIpc) is 3.20. The SMILES string of the molecule is CCc1ccccc1NC(=O)CN1CCN(C(=O)c2sc3nc(COC)nc(OC)c3c2C)CC1. The lowest BCUT2D eigenvalue weighted by atomic mass is 10.1. The van der Waals surface area contributed by atoms with Gasteiger partial charge in [-0.1, -0.05) is 25.1 Å². The maximum Gasteiger partial charge on any atom is 0.264 e. The number of anilines is 1. The van der Waals surface area contributed by atoms with Gasteiger partial charge in [0.25, 0.3) is 5.91 Å². The molecule has 0 spiro atoms. The Bertz CT molecular complexity index is 1220. The van der Waals surface area contributed by atoms with Gasteiger partial charge in [0.05, 0.1) is 23.9 Å². The van der Waals surface area contributed by atoms with Crippen molar-refractivity contribution in [3.63, 3.8) is 0 Å². The number of aromatic nitrogens is 2. The molecule has 186 valence electrons. The molecule has 1 fully saturated rings. The Morgan fingerprint density at radius 1 is 1.11 bits per heavy atom. The van der Waals surface area contributed by atoms with Crippen molar-refractivity contribution in [3.8, 4) is 5.88 Å². The fourth-order valence-electron chi connectivity index (χ4n) is 4.29. The summed E-state index contributed by atoms with van der Waals surface area (Å²) in [5, 5.41) is 3.79. The van der Waals surface area contributed by atoms with E-state index in [1.54, 1.807) is 14.2 Å². The molecule has 10 heteroatoms. The quantitative estimate of drug-likeness (QED) is 0.511. The van der Waals surface area contributed by atoms with Gasteiger partial charge < -0.3 is 19.7 Å². The van der Waals surface area contributed by atoms with E-state index < -0.39 is 0 Å². The molecule has 0 unspecified atom stereocenters. The first kappa shape index (κ1) is 25.0. The molecule has 1 aliphatic heterocycles. The van der Waals surface area contributed by atoms with Gasteiger partial charge in [-0.05, 0) is 30.5 Å². The third-order valence-electron chi connectivity index (χ3n) is 6.16. The Balaban J connectivity index is 1.40. The summed E-state index contributed by atoms with van der Waals surface area (Å²) in [6.07, 6.45) is 0.861. The number of carbonyl (C=O) groups excluding carboxylic acids is 2. The highest BCUT2D eigenvalue weighted by Gasteiger charge is 2.28. The van der Waals surface area contributed by atoms with E-state index in [9.17, 15) is 9.59 Å². The van der Waals surface area contributed by atoms with E-state index in [-0.39, 0.29) is 18.4 Å². The second-order valence-electron chi connectivity index (χ2n) is 8.45. The van der Waals surface area contributed by atoms with Crippen LogP contribution in [0, 0.1) is 6.92 Å². The molecule has 9 nitrogen and oxygen atoms in total. The lowest BCUT2D eigenvalue weighted by Crippen LogP contribution is -2.50. The van der Waals surface area contributed by atoms with Crippen molar-refractivity contribution >= 4 is 39.1 Å². The van der Waals surface area contributed by atoms with E-state index in [2.05, 4.69) is 27.1 Å². The first-order chi connectivity index (χ1) is 16.9. The molecule has 0 radical (unpaired) electrons. The number of carbonyl (C=O) groups is 2. The monoisotopic (exact) mass is 497 g/mol. The van der Waals surface area contributed by atoms with Gasteiger partial charge in [0.2, 0.25) is 11.8 Å². The predicted molar refractivity (Wildman–Crippen MR) is 136 cm³/mol. The highest BCUT2D eigenvalue weighted by molar-refractivity contribution is 7.20. The number of aryl methyl sites for hydroxylation is 2. The van der Waals surface area contributed by atoms with Crippen molar-refractivity contribution in [1.82, 2.24) is 19.8 Å². The lowest BCUT2D eigenvalue weighted by molar-refractivity contribution is -0.117. The van der Waals surface area contributed by atoms with Gasteiger partial charge in [0.15, 0.2) is 5.82 Å². The molecule has 0 bridgehead atoms. The highest BCUT2D eigenvalue weighted by Crippen LogP contribution is 2.35. The van der Waals surface area contributed by atoms with Crippen molar-refractivity contribution in [2.45, 2.75) is 26.9 Å². The van der Waals surface area contributed by atoms with E-state index in [0.717, 1.165) is 28.6 Å². The van der Waals surface area contributed by atoms with Crippen LogP contribution in [-0.4, -0.2) is 78.5 Å². The number of rotatable bonds is 8. The smallest absolute Gasteiger partial charge is 0.264 e. The number of nitrogens with one attached hydrogen (secondary N) is 1. The number of amides is 2. The molecule has 35 heavy (non-hydrogen) atoms. The molecule has 3 heterocycles. The molecule has 4 rings (SSSR count). The zero-order chi connectivity index (χ0) is 24.9. The number of benzene rings is 1. The van der Waals surface area contributed by atoms with Crippen LogP contribution in [0.5, 0.6) is 5.88 Å². The molecule has 1 saturated heterocycles. The van der Waals surface area contributed by atoms with E-state index in [1.165, 1.54) is 11.3 Å². The summed E-state index contributed by atoms with van der Waals surface area (Å²) in [5.41, 5.74) is 2.80. The number of methoxy groups -OCH3 is 2. The normalized spacial score (nSPS) is 14.3. The zero-order valence-electron chi connectivity index (χ0n) is 20.6. The number of hydrogen-bond donors (Lipinski definition) is 1. The topological polar surface area (TPSA) is 96.9 Å². The predicted octanol–water partition coefficient (Wildman–Crippen LogP) is 3.11. The van der Waals surface area contributed by atoms with Gasteiger partial charge in [-0.25, -0.2) is 4.98 Å². The maximum absolute atomic E-state index is 13.4.